The van der Waals surface area contributed by atoms with Crippen molar-refractivity contribution < 1.29 is 32.9 Å². The summed E-state index contributed by atoms with van der Waals surface area (Å²) < 4.78 is 23.3. The van der Waals surface area contributed by atoms with Crippen molar-refractivity contribution in [1.82, 2.24) is 5.32 Å². The van der Waals surface area contributed by atoms with Gasteiger partial charge in [0.2, 0.25) is 5.91 Å². The second-order valence-corrected chi connectivity index (χ2v) is 22.7. The van der Waals surface area contributed by atoms with E-state index in [4.69, 9.17) is 9.05 Å². The van der Waals surface area contributed by atoms with Crippen molar-refractivity contribution in [2.75, 3.05) is 40.9 Å². The molecule has 1 amide bonds. The second-order valence-electron chi connectivity index (χ2n) is 21.3. The van der Waals surface area contributed by atoms with Crippen LogP contribution < -0.4 is 10.2 Å². The standard InChI is InChI=1S/C64H115N2O6P/c1-6-8-10-12-14-16-18-20-22-24-26-28-30-32-34-35-37-39-41-43-45-47-49-51-53-55-57-63(67)62(61-72-73(69,70)71-60-59-66(3,4)5)65-64(68)58-56-54-52-50-48-46-44-42-40-38-36-33-31-29-27-25-23-21-19-17-15-13-11-9-7-2/h9,11,15,17,21,23,27,29,33,36,39,41,47,49,55,57,62-63,67H,6-8,10,12-14,16,18-20,22,24-26,28,30-32,34-35,37-38,40,42-46,48,50-54,56,58-61H2,1-5H3,(H-,65,68,69,70)/b11-9-,17-15-,23-21-,29-27-,36-33-,41-39+,49-47+,57-55+. The Kier molecular flexibility index (Phi) is 52.3. The van der Waals surface area contributed by atoms with E-state index in [0.717, 1.165) is 89.9 Å². The van der Waals surface area contributed by atoms with Crippen LogP contribution in [-0.4, -0.2) is 68.5 Å². The number of likely N-dealkylation sites (N-methyl/N-ethyl adjacent to an activating group) is 1. The Morgan fingerprint density at radius 1 is 0.493 bits per heavy atom. The maximum Gasteiger partial charge on any atom is 0.268 e. The first kappa shape index (κ1) is 70.4. The molecule has 0 aliphatic carbocycles. The number of hydrogen-bond donors (Lipinski definition) is 2. The Bertz CT molecular complexity index is 1510. The van der Waals surface area contributed by atoms with E-state index >= 15 is 0 Å². The van der Waals surface area contributed by atoms with Crippen LogP contribution in [0.15, 0.2) is 97.2 Å². The molecular weight excluding hydrogens is 924 g/mol. The molecule has 0 aliphatic rings. The molecule has 422 valence electrons. The van der Waals surface area contributed by atoms with Crippen LogP contribution >= 0.6 is 7.82 Å². The number of hydrogen-bond acceptors (Lipinski definition) is 6. The average molecular weight is 1040 g/mol. The molecule has 0 bridgehead atoms. The number of rotatable bonds is 54. The van der Waals surface area contributed by atoms with E-state index in [1.807, 2.05) is 27.2 Å². The van der Waals surface area contributed by atoms with Gasteiger partial charge in [0.25, 0.3) is 7.82 Å². The molecule has 0 spiro atoms. The zero-order valence-corrected chi connectivity index (χ0v) is 49.0. The highest BCUT2D eigenvalue weighted by molar-refractivity contribution is 7.45. The number of nitrogens with zero attached hydrogens (tertiary/aromatic N) is 1. The molecule has 73 heavy (non-hydrogen) atoms. The van der Waals surface area contributed by atoms with Crippen LogP contribution in [0.3, 0.4) is 0 Å². The van der Waals surface area contributed by atoms with E-state index in [2.05, 4.69) is 104 Å². The van der Waals surface area contributed by atoms with Crippen molar-refractivity contribution in [2.45, 2.75) is 264 Å². The van der Waals surface area contributed by atoms with Gasteiger partial charge in [0.1, 0.15) is 13.2 Å². The van der Waals surface area contributed by atoms with Crippen LogP contribution in [0.4, 0.5) is 0 Å². The highest BCUT2D eigenvalue weighted by atomic mass is 31.2. The fourth-order valence-electron chi connectivity index (χ4n) is 8.33. The molecule has 3 unspecified atom stereocenters. The summed E-state index contributed by atoms with van der Waals surface area (Å²) in [5.41, 5.74) is 0. The lowest BCUT2D eigenvalue weighted by atomic mass is 10.0. The predicted molar refractivity (Wildman–Crippen MR) is 316 cm³/mol. The van der Waals surface area contributed by atoms with Gasteiger partial charge in [0.15, 0.2) is 0 Å². The van der Waals surface area contributed by atoms with Gasteiger partial charge in [-0.15, -0.1) is 0 Å². The monoisotopic (exact) mass is 1040 g/mol. The summed E-state index contributed by atoms with van der Waals surface area (Å²) in [5, 5.41) is 13.9. The highest BCUT2D eigenvalue weighted by Crippen LogP contribution is 2.38. The van der Waals surface area contributed by atoms with Crippen molar-refractivity contribution >= 4 is 13.7 Å². The number of nitrogens with one attached hydrogen (secondary N) is 1. The minimum atomic E-state index is -4.62. The lowest BCUT2D eigenvalue weighted by Gasteiger charge is -2.29. The summed E-state index contributed by atoms with van der Waals surface area (Å²) in [6, 6.07) is -0.921. The van der Waals surface area contributed by atoms with Crippen molar-refractivity contribution in [3.63, 3.8) is 0 Å². The quantitative estimate of drug-likeness (QED) is 0.0272. The fourth-order valence-corrected chi connectivity index (χ4v) is 9.05. The van der Waals surface area contributed by atoms with Gasteiger partial charge in [-0.1, -0.05) is 252 Å². The van der Waals surface area contributed by atoms with Gasteiger partial charge >= 0.3 is 0 Å². The number of unbranched alkanes of at least 4 members (excludes halogenated alkanes) is 27. The molecule has 0 aliphatic heterocycles. The van der Waals surface area contributed by atoms with Crippen molar-refractivity contribution in [3.05, 3.63) is 97.2 Å². The Morgan fingerprint density at radius 2 is 0.849 bits per heavy atom. The summed E-state index contributed by atoms with van der Waals surface area (Å²) >= 11 is 0. The molecule has 2 N–H and O–H groups in total. The van der Waals surface area contributed by atoms with Gasteiger partial charge in [-0.2, -0.15) is 0 Å². The fraction of sp³-hybridized carbons (Fsp3) is 0.734. The predicted octanol–water partition coefficient (Wildman–Crippen LogP) is 18.0. The molecule has 0 rings (SSSR count). The molecule has 0 aromatic carbocycles. The number of allylic oxidation sites excluding steroid dienone is 15. The topological polar surface area (TPSA) is 108 Å². The normalized spacial score (nSPS) is 14.6. The third-order valence-corrected chi connectivity index (χ3v) is 14.0. The van der Waals surface area contributed by atoms with Crippen LogP contribution in [-0.2, 0) is 18.4 Å². The summed E-state index contributed by atoms with van der Waals surface area (Å²) in [7, 11) is 1.22. The van der Waals surface area contributed by atoms with Crippen molar-refractivity contribution in [3.8, 4) is 0 Å². The average Bonchev–Trinajstić information content (AvgIpc) is 3.35. The Labute approximate surface area is 451 Å². The van der Waals surface area contributed by atoms with E-state index < -0.39 is 26.6 Å². The number of carbonyl (C=O) groups is 1. The minimum absolute atomic E-state index is 0.0149. The summed E-state index contributed by atoms with van der Waals surface area (Å²) in [6.45, 7) is 4.51. The highest BCUT2D eigenvalue weighted by Gasteiger charge is 2.23. The Balaban J connectivity index is 4.30. The number of aliphatic hydroxyl groups excluding tert-OH is 1. The van der Waals surface area contributed by atoms with Gasteiger partial charge < -0.3 is 28.8 Å². The van der Waals surface area contributed by atoms with Crippen LogP contribution in [0, 0.1) is 0 Å². The van der Waals surface area contributed by atoms with Gasteiger partial charge in [-0.3, -0.25) is 9.36 Å². The number of quaternary nitrogens is 1. The van der Waals surface area contributed by atoms with E-state index in [1.165, 1.54) is 141 Å². The number of aliphatic hydroxyl groups is 1. The lowest BCUT2D eigenvalue weighted by Crippen LogP contribution is -2.45. The van der Waals surface area contributed by atoms with Crippen LogP contribution in [0.2, 0.25) is 0 Å². The molecule has 3 atom stereocenters. The molecule has 9 heteroatoms. The summed E-state index contributed by atoms with van der Waals surface area (Å²) in [6.07, 6.45) is 77.8. The van der Waals surface area contributed by atoms with Gasteiger partial charge in [-0.25, -0.2) is 0 Å². The Hall–Kier alpha value is -2.58. The maximum atomic E-state index is 13.0. The molecular formula is C64H115N2O6P. The van der Waals surface area contributed by atoms with E-state index in [-0.39, 0.29) is 12.5 Å². The molecule has 0 aromatic rings. The summed E-state index contributed by atoms with van der Waals surface area (Å²) in [4.78, 5) is 25.5. The second kappa shape index (κ2) is 54.2. The smallest absolute Gasteiger partial charge is 0.268 e. The summed E-state index contributed by atoms with van der Waals surface area (Å²) in [5.74, 6) is -0.220. The van der Waals surface area contributed by atoms with Crippen molar-refractivity contribution in [1.29, 1.82) is 0 Å². The first-order valence-electron chi connectivity index (χ1n) is 30.1. The first-order chi connectivity index (χ1) is 35.5. The zero-order valence-electron chi connectivity index (χ0n) is 48.1. The number of phosphoric ester groups is 1. The van der Waals surface area contributed by atoms with Crippen LogP contribution in [0.1, 0.15) is 251 Å². The molecule has 0 heterocycles. The first-order valence-corrected chi connectivity index (χ1v) is 31.6. The van der Waals surface area contributed by atoms with Gasteiger partial charge in [0, 0.05) is 6.42 Å². The molecule has 0 saturated heterocycles. The van der Waals surface area contributed by atoms with Crippen LogP contribution in [0.25, 0.3) is 0 Å². The van der Waals surface area contributed by atoms with Crippen molar-refractivity contribution in [2.24, 2.45) is 0 Å². The molecule has 0 aromatic heterocycles. The molecule has 0 saturated carbocycles. The zero-order chi connectivity index (χ0) is 53.5. The van der Waals surface area contributed by atoms with E-state index in [9.17, 15) is 19.4 Å². The number of amides is 1. The SMILES string of the molecule is CC/C=C\C/C=C\C/C=C\C/C=C\C/C=C\CCCCCCCCCCCC(=O)NC(COP(=O)([O-])OCC[N+](C)(C)C)C(O)/C=C/CC/C=C/CC/C=C/CCCCCCCCCCCCCCCCCC. The molecule has 0 fully saturated rings. The third-order valence-electron chi connectivity index (χ3n) is 13.0. The third kappa shape index (κ3) is 57.0. The van der Waals surface area contributed by atoms with E-state index in [1.54, 1.807) is 6.08 Å². The largest absolute Gasteiger partial charge is 0.756 e. The number of phosphoric acid groups is 1. The maximum absolute atomic E-state index is 13.0. The van der Waals surface area contributed by atoms with Crippen LogP contribution in [0.5, 0.6) is 0 Å². The van der Waals surface area contributed by atoms with Gasteiger partial charge in [0.05, 0.1) is 39.9 Å². The molecule has 0 radical (unpaired) electrons. The molecule has 8 nitrogen and oxygen atoms in total. The van der Waals surface area contributed by atoms with Gasteiger partial charge in [-0.05, 0) is 89.9 Å². The van der Waals surface area contributed by atoms with E-state index in [0.29, 0.717) is 17.4 Å². The number of carbonyl (C=O) groups excluding carboxylic acids is 1. The lowest BCUT2D eigenvalue weighted by molar-refractivity contribution is -0.870. The minimum Gasteiger partial charge on any atom is -0.756 e. The Morgan fingerprint density at radius 3 is 1.27 bits per heavy atom.